The maximum absolute atomic E-state index is 3.14. The van der Waals surface area contributed by atoms with Crippen LogP contribution in [0.4, 0.5) is 0 Å². The summed E-state index contributed by atoms with van der Waals surface area (Å²) >= 11 is 0. The maximum Gasteiger partial charge on any atom is 0.0975 e. The molecule has 1 heteroatoms. The molecule has 1 nitrogen and oxygen atoms in total. The van der Waals surface area contributed by atoms with Crippen LogP contribution in [0, 0.1) is 12.5 Å². The lowest BCUT2D eigenvalue weighted by molar-refractivity contribution is 0.539. The Labute approximate surface area is 44.6 Å². The molecule has 1 rings (SSSR count). The molecular formula is C6H9N. The molecule has 0 aromatic heterocycles. The minimum atomic E-state index is 0.519. The second-order valence-corrected chi connectivity index (χ2v) is 1.87. The third kappa shape index (κ3) is 0.952. The zero-order valence-electron chi connectivity index (χ0n) is 4.68. The lowest BCUT2D eigenvalue weighted by Crippen LogP contribution is -2.02. The van der Waals surface area contributed by atoms with Crippen LogP contribution in [-0.2, 0) is 0 Å². The molecule has 0 amide bonds. The fraction of sp³-hybridized carbons (Fsp3) is 0.500. The Morgan fingerprint density at radius 3 is 2.57 bits per heavy atom. The van der Waals surface area contributed by atoms with Gasteiger partial charge in [0.25, 0.3) is 0 Å². The average Bonchev–Trinajstić information content (AvgIpc) is 1.87. The quantitative estimate of drug-likeness (QED) is 0.436. The molecule has 1 aliphatic heterocycles. The Bertz CT molecular complexity index is 76.2. The summed E-state index contributed by atoms with van der Waals surface area (Å²) in [5.41, 5.74) is 0. The third-order valence-electron chi connectivity index (χ3n) is 1.01. The Morgan fingerprint density at radius 1 is 1.71 bits per heavy atom. The molecule has 0 bridgehead atoms. The number of rotatable bonds is 0. The molecule has 2 radical (unpaired) electrons. The van der Waals surface area contributed by atoms with Crippen LogP contribution in [0.25, 0.3) is 0 Å². The van der Waals surface area contributed by atoms with E-state index < -0.39 is 0 Å². The van der Waals surface area contributed by atoms with Gasteiger partial charge in [-0.25, -0.2) is 0 Å². The van der Waals surface area contributed by atoms with Crippen molar-refractivity contribution in [2.45, 2.75) is 6.92 Å². The van der Waals surface area contributed by atoms with Gasteiger partial charge in [0.05, 0.1) is 6.54 Å². The standard InChI is InChI=1S/C6H9N/c1-6-3-4-7(2)5-6/h3-4,6H,1-2H3. The number of hydrogen-bond donors (Lipinski definition) is 0. The smallest absolute Gasteiger partial charge is 0.0975 e. The third-order valence-corrected chi connectivity index (χ3v) is 1.01. The average molecular weight is 95.1 g/mol. The molecule has 0 aromatic carbocycles. The van der Waals surface area contributed by atoms with Crippen molar-refractivity contribution in [2.24, 2.45) is 5.92 Å². The van der Waals surface area contributed by atoms with Gasteiger partial charge in [0.2, 0.25) is 0 Å². The normalized spacial score (nSPS) is 29.4. The first kappa shape index (κ1) is 4.69. The van der Waals surface area contributed by atoms with Crippen LogP contribution in [0.2, 0.25) is 0 Å². The minimum absolute atomic E-state index is 0.519. The molecule has 1 atom stereocenters. The van der Waals surface area contributed by atoms with Crippen molar-refractivity contribution >= 4 is 0 Å². The Balaban J connectivity index is 2.42. The van der Waals surface area contributed by atoms with E-state index in [0.717, 1.165) is 0 Å². The van der Waals surface area contributed by atoms with E-state index in [9.17, 15) is 0 Å². The second kappa shape index (κ2) is 1.57. The van der Waals surface area contributed by atoms with Crippen LogP contribution in [0.5, 0.6) is 0 Å². The highest BCUT2D eigenvalue weighted by Gasteiger charge is 2.06. The van der Waals surface area contributed by atoms with Crippen molar-refractivity contribution in [3.8, 4) is 0 Å². The molecule has 0 saturated heterocycles. The van der Waals surface area contributed by atoms with Crippen LogP contribution in [0.3, 0.4) is 0 Å². The van der Waals surface area contributed by atoms with Gasteiger partial charge in [0.1, 0.15) is 0 Å². The molecule has 0 saturated carbocycles. The van der Waals surface area contributed by atoms with Crippen molar-refractivity contribution in [3.63, 3.8) is 0 Å². The molecule has 1 aliphatic rings. The maximum atomic E-state index is 3.14. The SMILES string of the molecule is CC1[C]N(C)C=C1. The van der Waals surface area contributed by atoms with Crippen molar-refractivity contribution in [1.82, 2.24) is 4.90 Å². The highest BCUT2D eigenvalue weighted by molar-refractivity contribution is 5.01. The molecule has 38 valence electrons. The van der Waals surface area contributed by atoms with E-state index in [1.807, 2.05) is 18.1 Å². The predicted molar refractivity (Wildman–Crippen MR) is 29.3 cm³/mol. The van der Waals surface area contributed by atoms with Crippen LogP contribution in [0.1, 0.15) is 6.92 Å². The Hall–Kier alpha value is -0.460. The molecule has 1 unspecified atom stereocenters. The largest absolute Gasteiger partial charge is 0.370 e. The first-order chi connectivity index (χ1) is 3.29. The minimum Gasteiger partial charge on any atom is -0.370 e. The molecule has 7 heavy (non-hydrogen) atoms. The second-order valence-electron chi connectivity index (χ2n) is 1.87. The summed E-state index contributed by atoms with van der Waals surface area (Å²) in [6.45, 7) is 5.25. The summed E-state index contributed by atoms with van der Waals surface area (Å²) in [5, 5.41) is 0. The van der Waals surface area contributed by atoms with Crippen molar-refractivity contribution in [3.05, 3.63) is 18.8 Å². The van der Waals surface area contributed by atoms with Crippen molar-refractivity contribution in [1.29, 1.82) is 0 Å². The monoisotopic (exact) mass is 95.1 g/mol. The van der Waals surface area contributed by atoms with Gasteiger partial charge in [-0.2, -0.15) is 0 Å². The molecule has 0 aromatic rings. The Kier molecular flexibility index (Phi) is 1.05. The highest BCUT2D eigenvalue weighted by atomic mass is 15.1. The molecule has 0 aliphatic carbocycles. The number of nitrogens with zero attached hydrogens (tertiary/aromatic N) is 1. The van der Waals surface area contributed by atoms with E-state index in [2.05, 4.69) is 19.5 Å². The van der Waals surface area contributed by atoms with Gasteiger partial charge in [-0.3, -0.25) is 0 Å². The first-order valence-corrected chi connectivity index (χ1v) is 2.46. The lowest BCUT2D eigenvalue weighted by Gasteiger charge is -2.04. The van der Waals surface area contributed by atoms with E-state index in [1.165, 1.54) is 0 Å². The fourth-order valence-corrected chi connectivity index (χ4v) is 0.665. The van der Waals surface area contributed by atoms with Crippen LogP contribution >= 0.6 is 0 Å². The summed E-state index contributed by atoms with van der Waals surface area (Å²) in [6.07, 6.45) is 4.13. The van der Waals surface area contributed by atoms with Crippen molar-refractivity contribution in [2.75, 3.05) is 7.05 Å². The molecule has 0 fully saturated rings. The van der Waals surface area contributed by atoms with Crippen LogP contribution in [-0.4, -0.2) is 11.9 Å². The summed E-state index contributed by atoms with van der Waals surface area (Å²) in [6, 6.07) is 0. The first-order valence-electron chi connectivity index (χ1n) is 2.46. The summed E-state index contributed by atoms with van der Waals surface area (Å²) in [4.78, 5) is 1.95. The van der Waals surface area contributed by atoms with E-state index >= 15 is 0 Å². The molecule has 0 spiro atoms. The van der Waals surface area contributed by atoms with Gasteiger partial charge < -0.3 is 4.90 Å². The van der Waals surface area contributed by atoms with Crippen LogP contribution < -0.4 is 0 Å². The Morgan fingerprint density at radius 2 is 2.43 bits per heavy atom. The topological polar surface area (TPSA) is 3.24 Å². The van der Waals surface area contributed by atoms with E-state index in [-0.39, 0.29) is 0 Å². The highest BCUT2D eigenvalue weighted by Crippen LogP contribution is 2.12. The molecular weight excluding hydrogens is 86.1 g/mol. The van der Waals surface area contributed by atoms with E-state index in [1.54, 1.807) is 0 Å². The zero-order chi connectivity index (χ0) is 5.28. The predicted octanol–water partition coefficient (Wildman–Crippen LogP) is 1.12. The number of hydrogen-bond acceptors (Lipinski definition) is 1. The summed E-state index contributed by atoms with van der Waals surface area (Å²) in [7, 11) is 1.99. The van der Waals surface area contributed by atoms with Gasteiger partial charge >= 0.3 is 0 Å². The van der Waals surface area contributed by atoms with Gasteiger partial charge in [-0.05, 0) is 6.20 Å². The molecule has 1 heterocycles. The summed E-state index contributed by atoms with van der Waals surface area (Å²) in [5.74, 6) is 0.519. The molecule has 0 N–H and O–H groups in total. The van der Waals surface area contributed by atoms with Crippen molar-refractivity contribution < 1.29 is 0 Å². The van der Waals surface area contributed by atoms with Gasteiger partial charge in [-0.1, -0.05) is 13.0 Å². The van der Waals surface area contributed by atoms with Crippen LogP contribution in [0.15, 0.2) is 12.3 Å². The lowest BCUT2D eigenvalue weighted by atomic mass is 10.2. The van der Waals surface area contributed by atoms with E-state index in [4.69, 9.17) is 0 Å². The summed E-state index contributed by atoms with van der Waals surface area (Å²) < 4.78 is 0. The fourth-order valence-electron chi connectivity index (χ4n) is 0.665. The van der Waals surface area contributed by atoms with Gasteiger partial charge in [0.15, 0.2) is 0 Å². The van der Waals surface area contributed by atoms with Gasteiger partial charge in [-0.15, -0.1) is 0 Å². The zero-order valence-corrected chi connectivity index (χ0v) is 4.68. The van der Waals surface area contributed by atoms with E-state index in [0.29, 0.717) is 5.92 Å². The van der Waals surface area contributed by atoms with Gasteiger partial charge in [0, 0.05) is 13.0 Å².